The van der Waals surface area contributed by atoms with Gasteiger partial charge in [0.05, 0.1) is 0 Å². The Hall–Kier alpha value is -1.68. The number of halogens is 2. The third kappa shape index (κ3) is 3.20. The summed E-state index contributed by atoms with van der Waals surface area (Å²) in [5, 5.41) is 0.759. The van der Waals surface area contributed by atoms with Crippen molar-refractivity contribution in [1.29, 1.82) is 0 Å². The van der Waals surface area contributed by atoms with Gasteiger partial charge >= 0.3 is 0 Å². The van der Waals surface area contributed by atoms with Crippen LogP contribution >= 0.6 is 15.9 Å². The molecule has 0 N–H and O–H groups in total. The van der Waals surface area contributed by atoms with Crippen molar-refractivity contribution in [2.45, 2.75) is 5.33 Å². The minimum absolute atomic E-state index is 0.118. The van der Waals surface area contributed by atoms with Crippen LogP contribution in [0.4, 0.5) is 10.1 Å². The van der Waals surface area contributed by atoms with Crippen LogP contribution in [-0.4, -0.2) is 13.0 Å². The molecule has 0 fully saturated rings. The molecule has 0 radical (unpaired) electrons. The third-order valence-electron chi connectivity index (χ3n) is 2.87. The Morgan fingerprint density at radius 2 is 1.68 bits per heavy atom. The molecule has 0 aliphatic carbocycles. The fourth-order valence-corrected chi connectivity index (χ4v) is 2.09. The zero-order valence-corrected chi connectivity index (χ0v) is 12.0. The molecule has 0 aromatic heterocycles. The predicted molar refractivity (Wildman–Crippen MR) is 78.2 cm³/mol. The van der Waals surface area contributed by atoms with Crippen LogP contribution in [0.5, 0.6) is 0 Å². The second-order valence-electron chi connectivity index (χ2n) is 4.17. The Balaban J connectivity index is 2.20. The average Bonchev–Trinajstić information content (AvgIpc) is 2.46. The van der Waals surface area contributed by atoms with E-state index in [0.29, 0.717) is 11.3 Å². The van der Waals surface area contributed by atoms with Gasteiger partial charge in [0, 0.05) is 23.6 Å². The molecule has 0 bridgehead atoms. The highest BCUT2D eigenvalue weighted by atomic mass is 79.9. The van der Waals surface area contributed by atoms with Gasteiger partial charge in [0.25, 0.3) is 5.91 Å². The highest BCUT2D eigenvalue weighted by Crippen LogP contribution is 2.17. The molecule has 98 valence electrons. The maximum atomic E-state index is 12.8. The third-order valence-corrected chi connectivity index (χ3v) is 3.52. The summed E-state index contributed by atoms with van der Waals surface area (Å²) in [7, 11) is 1.67. The summed E-state index contributed by atoms with van der Waals surface area (Å²) in [5.41, 5.74) is 2.38. The van der Waals surface area contributed by atoms with Gasteiger partial charge in [-0.1, -0.05) is 28.1 Å². The molecule has 0 atom stereocenters. The van der Waals surface area contributed by atoms with E-state index in [2.05, 4.69) is 15.9 Å². The quantitative estimate of drug-likeness (QED) is 0.782. The summed E-state index contributed by atoms with van der Waals surface area (Å²) in [6, 6.07) is 13.2. The summed E-state index contributed by atoms with van der Waals surface area (Å²) in [5.74, 6) is -0.431. The topological polar surface area (TPSA) is 20.3 Å². The number of rotatable bonds is 3. The molecular weight excluding hydrogens is 309 g/mol. The second-order valence-corrected chi connectivity index (χ2v) is 4.73. The first-order chi connectivity index (χ1) is 9.11. The number of benzene rings is 2. The lowest BCUT2D eigenvalue weighted by atomic mass is 10.1. The fraction of sp³-hybridized carbons (Fsp3) is 0.133. The van der Waals surface area contributed by atoms with Crippen LogP contribution in [0.1, 0.15) is 15.9 Å². The van der Waals surface area contributed by atoms with Gasteiger partial charge < -0.3 is 4.90 Å². The molecule has 0 aliphatic rings. The fourth-order valence-electron chi connectivity index (χ4n) is 1.71. The van der Waals surface area contributed by atoms with Crippen molar-refractivity contribution in [1.82, 2.24) is 0 Å². The number of alkyl halides is 1. The van der Waals surface area contributed by atoms with E-state index in [-0.39, 0.29) is 11.7 Å². The first-order valence-corrected chi connectivity index (χ1v) is 6.92. The van der Waals surface area contributed by atoms with E-state index < -0.39 is 0 Å². The number of amides is 1. The minimum Gasteiger partial charge on any atom is -0.311 e. The van der Waals surface area contributed by atoms with Gasteiger partial charge in [-0.05, 0) is 42.0 Å². The van der Waals surface area contributed by atoms with Gasteiger partial charge in [0.15, 0.2) is 0 Å². The van der Waals surface area contributed by atoms with E-state index in [0.717, 1.165) is 10.9 Å². The van der Waals surface area contributed by atoms with Crippen LogP contribution < -0.4 is 4.90 Å². The lowest BCUT2D eigenvalue weighted by molar-refractivity contribution is 0.0993. The monoisotopic (exact) mass is 321 g/mol. The van der Waals surface area contributed by atoms with Crippen molar-refractivity contribution < 1.29 is 9.18 Å². The normalized spacial score (nSPS) is 10.3. The summed E-state index contributed by atoms with van der Waals surface area (Å²) in [6.45, 7) is 0. The Morgan fingerprint density at radius 1 is 1.11 bits per heavy atom. The van der Waals surface area contributed by atoms with Crippen LogP contribution in [0.2, 0.25) is 0 Å². The van der Waals surface area contributed by atoms with Crippen LogP contribution in [0.15, 0.2) is 48.5 Å². The van der Waals surface area contributed by atoms with Crippen molar-refractivity contribution in [2.24, 2.45) is 0 Å². The van der Waals surface area contributed by atoms with Gasteiger partial charge in [-0.15, -0.1) is 0 Å². The summed E-state index contributed by atoms with van der Waals surface area (Å²) < 4.78 is 12.8. The van der Waals surface area contributed by atoms with Crippen molar-refractivity contribution in [3.63, 3.8) is 0 Å². The molecule has 2 aromatic carbocycles. The maximum absolute atomic E-state index is 12.8. The average molecular weight is 322 g/mol. The van der Waals surface area contributed by atoms with E-state index in [1.807, 2.05) is 12.1 Å². The molecule has 0 spiro atoms. The first kappa shape index (κ1) is 13.7. The minimum atomic E-state index is -0.314. The van der Waals surface area contributed by atoms with E-state index in [1.165, 1.54) is 17.0 Å². The molecule has 19 heavy (non-hydrogen) atoms. The molecule has 2 rings (SSSR count). The number of carbonyl (C=O) groups excluding carboxylic acids is 1. The van der Waals surface area contributed by atoms with Crippen molar-refractivity contribution >= 4 is 27.5 Å². The number of hydrogen-bond donors (Lipinski definition) is 0. The maximum Gasteiger partial charge on any atom is 0.258 e. The highest BCUT2D eigenvalue weighted by Gasteiger charge is 2.13. The van der Waals surface area contributed by atoms with Gasteiger partial charge in [-0.25, -0.2) is 4.39 Å². The molecule has 1 amide bonds. The van der Waals surface area contributed by atoms with Crippen molar-refractivity contribution in [3.8, 4) is 0 Å². The molecule has 0 heterocycles. The van der Waals surface area contributed by atoms with E-state index in [9.17, 15) is 9.18 Å². The number of carbonyl (C=O) groups is 1. The van der Waals surface area contributed by atoms with Crippen molar-refractivity contribution in [3.05, 3.63) is 65.5 Å². The Kier molecular flexibility index (Phi) is 4.32. The lowest BCUT2D eigenvalue weighted by Gasteiger charge is -2.17. The van der Waals surface area contributed by atoms with E-state index in [4.69, 9.17) is 0 Å². The van der Waals surface area contributed by atoms with Gasteiger partial charge in [0.1, 0.15) is 5.82 Å². The molecule has 0 saturated heterocycles. The lowest BCUT2D eigenvalue weighted by Crippen LogP contribution is -2.26. The molecule has 0 saturated carbocycles. The van der Waals surface area contributed by atoms with E-state index in [1.54, 1.807) is 31.3 Å². The largest absolute Gasteiger partial charge is 0.311 e. The van der Waals surface area contributed by atoms with Gasteiger partial charge in [-0.3, -0.25) is 4.79 Å². The molecular formula is C15H13BrFNO. The van der Waals surface area contributed by atoms with Crippen LogP contribution in [0.3, 0.4) is 0 Å². The zero-order chi connectivity index (χ0) is 13.8. The zero-order valence-electron chi connectivity index (χ0n) is 10.4. The van der Waals surface area contributed by atoms with Crippen molar-refractivity contribution in [2.75, 3.05) is 11.9 Å². The molecule has 2 nitrogen and oxygen atoms in total. The highest BCUT2D eigenvalue weighted by molar-refractivity contribution is 9.08. The van der Waals surface area contributed by atoms with Crippen LogP contribution in [0, 0.1) is 5.82 Å². The smallest absolute Gasteiger partial charge is 0.258 e. The van der Waals surface area contributed by atoms with Gasteiger partial charge in [-0.2, -0.15) is 0 Å². The number of nitrogens with zero attached hydrogens (tertiary/aromatic N) is 1. The molecule has 2 aromatic rings. The Morgan fingerprint density at radius 3 is 2.21 bits per heavy atom. The predicted octanol–water partition coefficient (Wildman–Crippen LogP) is 4.00. The molecule has 0 unspecified atom stereocenters. The molecule has 4 heteroatoms. The Labute approximate surface area is 120 Å². The number of hydrogen-bond acceptors (Lipinski definition) is 1. The SMILES string of the molecule is CN(C(=O)c1ccc(CBr)cc1)c1ccc(F)cc1. The van der Waals surface area contributed by atoms with Crippen LogP contribution in [0.25, 0.3) is 0 Å². The summed E-state index contributed by atoms with van der Waals surface area (Å²) in [6.07, 6.45) is 0. The molecule has 0 aliphatic heterocycles. The van der Waals surface area contributed by atoms with Crippen LogP contribution in [-0.2, 0) is 5.33 Å². The van der Waals surface area contributed by atoms with E-state index >= 15 is 0 Å². The van der Waals surface area contributed by atoms with Gasteiger partial charge in [0.2, 0.25) is 0 Å². The summed E-state index contributed by atoms with van der Waals surface area (Å²) in [4.78, 5) is 13.8. The number of anilines is 1. The summed E-state index contributed by atoms with van der Waals surface area (Å²) >= 11 is 3.36. The standard InChI is InChI=1S/C15H13BrFNO/c1-18(14-8-6-13(17)7-9-14)15(19)12-4-2-11(10-16)3-5-12/h2-9H,10H2,1H3. The second kappa shape index (κ2) is 5.97. The first-order valence-electron chi connectivity index (χ1n) is 5.80. The Bertz CT molecular complexity index is 566.